The zero-order chi connectivity index (χ0) is 95.7. The van der Waals surface area contributed by atoms with Crippen molar-refractivity contribution in [3.63, 3.8) is 0 Å². The largest absolute Gasteiger partial charge is 1.00 e. The number of rotatable bonds is 24. The Morgan fingerprint density at radius 1 is 0.393 bits per heavy atom. The Bertz CT molecular complexity index is 6780. The van der Waals surface area contributed by atoms with Crippen LogP contribution < -0.4 is 73.9 Å². The fourth-order valence-corrected chi connectivity index (χ4v) is 15.7. The van der Waals surface area contributed by atoms with Crippen LogP contribution >= 0.6 is 44.3 Å². The number of aromatic carboxylic acids is 1. The van der Waals surface area contributed by atoms with Crippen LogP contribution in [0.2, 0.25) is 0 Å². The summed E-state index contributed by atoms with van der Waals surface area (Å²) < 4.78 is 24.3. The number of carboxylic acid groups (broad SMARTS) is 2. The minimum absolute atomic E-state index is 0. The maximum Gasteiger partial charge on any atom is 1.00 e. The molecule has 0 aliphatic carbocycles. The summed E-state index contributed by atoms with van der Waals surface area (Å²) in [5.74, 6) is -0.274. The quantitative estimate of drug-likeness (QED) is 0.0116. The summed E-state index contributed by atoms with van der Waals surface area (Å²) in [5.41, 5.74) is 43.1. The number of nitrogens with two attached hydrogens (primary N) is 4. The normalized spacial score (nSPS) is 10.4. The van der Waals surface area contributed by atoms with Gasteiger partial charge in [-0.05, 0) is 221 Å². The molecule has 36 heteroatoms. The molecule has 4 aromatic heterocycles. The van der Waals surface area contributed by atoms with Crippen LogP contribution in [0.4, 0.5) is 22.7 Å². The number of nitrogens with one attached hydrogen (secondary N) is 3. The smallest absolute Gasteiger partial charge is 0.870 e. The van der Waals surface area contributed by atoms with E-state index in [1.165, 1.54) is 0 Å². The number of aryl methyl sites for hydroxylation is 8. The van der Waals surface area contributed by atoms with Gasteiger partial charge in [0.25, 0.3) is 17.7 Å². The first-order valence-corrected chi connectivity index (χ1v) is 43.6. The van der Waals surface area contributed by atoms with Gasteiger partial charge >= 0.3 is 66.5 Å². The zero-order valence-corrected chi connectivity index (χ0v) is 82.7. The Morgan fingerprint density at radius 3 is 1.04 bits per heavy atom. The van der Waals surface area contributed by atoms with Gasteiger partial charge in [-0.2, -0.15) is 0 Å². The monoisotopic (exact) mass is 1990 g/mol. The number of carbonyl (C=O) groups excluding carboxylic acids is 6. The second kappa shape index (κ2) is 51.4. The number of hydrogen-bond donors (Lipinski definition) is 11. The number of imidazole rings is 4. The summed E-state index contributed by atoms with van der Waals surface area (Å²) in [6.07, 6.45) is 0.263. The first-order chi connectivity index (χ1) is 63.1. The summed E-state index contributed by atoms with van der Waals surface area (Å²) in [6, 6.07) is 65.4. The van der Waals surface area contributed by atoms with Gasteiger partial charge in [-0.15, -0.1) is 12.4 Å². The third-order valence-corrected chi connectivity index (χ3v) is 22.5. The van der Waals surface area contributed by atoms with Crippen LogP contribution in [0.3, 0.4) is 0 Å². The van der Waals surface area contributed by atoms with E-state index >= 15 is 0 Å². The summed E-state index contributed by atoms with van der Waals surface area (Å²) in [6.45, 7) is 15.3. The van der Waals surface area contributed by atoms with Gasteiger partial charge in [0.2, 0.25) is 0 Å². The third-order valence-electron chi connectivity index (χ3n) is 21.3. The number of halogens is 3. The van der Waals surface area contributed by atoms with Crippen molar-refractivity contribution >= 4 is 171 Å². The number of aromatic nitrogens is 8. The molecule has 3 amide bonds. The SMILES string of the molecule is CCOC(=O)Cc1ccccc1N.CCOC(=O)Cc1ccccc1NC(=O)c1cc(-c2cccc(CN)c2)c2c(c1)nc(C)n2C.CCOC(=O)Cc1ccccc1NC(=O)c1cc(Br)c2c(c1)nc(C)n2C.Cc1nc2cc(C(=O)Nc3ccccc3CC(=O)O)cc(-c3cccc(CN)c3)c2n1C.Cc1nc2cc(C(=O)O)cc(Br)c2n1C.Cl.NCc1cccc(B(O)O)c1.[Na+].[OH-]. The fourth-order valence-electron chi connectivity index (χ4n) is 14.3. The van der Waals surface area contributed by atoms with Crippen LogP contribution in [0.25, 0.3) is 66.4 Å². The van der Waals surface area contributed by atoms with Gasteiger partial charge in [0, 0.05) is 107 Å². The molecule has 16 N–H and O–H groups in total. The van der Waals surface area contributed by atoms with Gasteiger partial charge in [0.05, 0.1) is 95.2 Å². The number of aliphatic carboxylic acids is 1. The Hall–Kier alpha value is -13.1. The Kier molecular flexibility index (Phi) is 41.5. The molecule has 0 fully saturated rings. The van der Waals surface area contributed by atoms with Crippen molar-refractivity contribution in [2.75, 3.05) is 41.5 Å². The van der Waals surface area contributed by atoms with Gasteiger partial charge in [-0.1, -0.05) is 133 Å². The number of anilines is 4. The van der Waals surface area contributed by atoms with Crippen LogP contribution in [0.15, 0.2) is 227 Å². The first kappa shape index (κ1) is 109. The molecule has 11 aromatic carbocycles. The van der Waals surface area contributed by atoms with Gasteiger partial charge in [0.15, 0.2) is 0 Å². The Balaban J connectivity index is 0.000000230. The predicted octanol–water partition coefficient (Wildman–Crippen LogP) is 12.0. The maximum absolute atomic E-state index is 13.3. The molecule has 0 radical (unpaired) electrons. The van der Waals surface area contributed by atoms with Crippen molar-refractivity contribution in [3.8, 4) is 22.3 Å². The summed E-state index contributed by atoms with van der Waals surface area (Å²) in [4.78, 5) is 114. The van der Waals surface area contributed by atoms with Crippen molar-refractivity contribution in [2.24, 2.45) is 45.4 Å². The van der Waals surface area contributed by atoms with E-state index in [0.717, 1.165) is 110 Å². The molecule has 0 aliphatic rings. The van der Waals surface area contributed by atoms with Gasteiger partial charge in [-0.3, -0.25) is 33.6 Å². The topological polar surface area (TPSA) is 487 Å². The number of nitrogen functional groups attached to an aromatic ring is 1. The van der Waals surface area contributed by atoms with E-state index < -0.39 is 19.1 Å². The Morgan fingerprint density at radius 2 is 0.696 bits per heavy atom. The number of carbonyl (C=O) groups is 8. The van der Waals surface area contributed by atoms with Crippen molar-refractivity contribution in [1.29, 1.82) is 0 Å². The number of carboxylic acids is 2. The standard InChI is InChI=1S/C27H28N4O3.C25H24N4O3.C20H20BrN3O3.C10H9BrN2O2.C10H13NO2.C7H10BNO2.ClH.Na.H2O/c1-4-34-25(32)15-20-9-5-6-11-23(20)30-27(33)21-13-22(19-10-7-8-18(12-19)16-28)26-24(14-21)29-17(2)31(26)3;1-15-27-22-12-19(25(32)28-21-9-4-3-7-18(21)13-23(30)31)11-20(24(22)29(15)2)17-8-5-6-16(10-17)14-26;1-4-27-18(25)11-13-7-5-6-8-16(13)23-20(26)14-9-15(21)19-17(10-14)22-12(2)24(19)3;1-5-12-8-4-6(10(14)15)3-7(11)9(8)13(5)2;1-2-13-10(12)7-8-5-3-4-6-9(8)11;9-5-6-2-1-3-7(4-6)8(10)11;;;/h5-14H,4,15-16,28H2,1-3H3,(H,30,33);3-12H,13-14,26H2,1-2H3,(H,28,32)(H,30,31);5-10H,4,11H2,1-3H3,(H,23,26);3-4H,1-2H3,(H,14,15);3-6H,2,7,11H2,1H3;1-4,10-11H,5,9H2;1H;;1H2/q;;;;;;;+1;/p-1. The van der Waals surface area contributed by atoms with E-state index in [2.05, 4.69) is 67.7 Å². The van der Waals surface area contributed by atoms with Crippen LogP contribution in [-0.4, -0.2) is 138 Å². The van der Waals surface area contributed by atoms with E-state index in [1.54, 1.807) is 124 Å². The van der Waals surface area contributed by atoms with Crippen LogP contribution in [-0.2, 0) is 107 Å². The molecule has 0 saturated heterocycles. The van der Waals surface area contributed by atoms with E-state index in [4.69, 9.17) is 57.4 Å². The minimum atomic E-state index is -1.40. The summed E-state index contributed by atoms with van der Waals surface area (Å²) in [5, 5.41) is 44.3. The molecule has 0 aliphatic heterocycles. The van der Waals surface area contributed by atoms with E-state index in [9.17, 15) is 38.4 Å². The molecule has 0 spiro atoms. The zero-order valence-electron chi connectivity index (χ0n) is 76.7. The second-order valence-electron chi connectivity index (χ2n) is 30.3. The molecule has 0 saturated carbocycles. The van der Waals surface area contributed by atoms with Crippen LogP contribution in [0.5, 0.6) is 0 Å². The molecular formula is C99H106BBr2ClN15NaO16. The molecular weight excluding hydrogens is 1880 g/mol. The molecule has 15 rings (SSSR count). The summed E-state index contributed by atoms with van der Waals surface area (Å²) >= 11 is 6.88. The molecule has 698 valence electrons. The number of para-hydroxylation sites is 4. The van der Waals surface area contributed by atoms with Gasteiger partial charge < -0.3 is 97.1 Å². The minimum Gasteiger partial charge on any atom is -0.870 e. The molecule has 135 heavy (non-hydrogen) atoms. The number of hydrogen-bond acceptors (Lipinski definition) is 22. The number of ether oxygens (including phenoxy) is 3. The molecule has 31 nitrogen and oxygen atoms in total. The molecule has 0 unspecified atom stereocenters. The number of amides is 3. The number of fused-ring (bicyclic) bond motifs is 4. The molecule has 0 atom stereocenters. The second-order valence-corrected chi connectivity index (χ2v) is 32.0. The van der Waals surface area contributed by atoms with E-state index in [0.29, 0.717) is 112 Å². The maximum atomic E-state index is 13.3. The fraction of sp³-hybridized carbons (Fsp3) is 0.212. The average Bonchev–Trinajstić information content (AvgIpc) is 1.64. The number of nitrogens with zero attached hydrogens (tertiary/aromatic N) is 8. The van der Waals surface area contributed by atoms with Gasteiger partial charge in [-0.25, -0.2) is 24.7 Å². The Labute approximate surface area is 825 Å². The van der Waals surface area contributed by atoms with Crippen LogP contribution in [0.1, 0.15) is 124 Å². The van der Waals surface area contributed by atoms with Crippen molar-refractivity contribution in [2.45, 2.75) is 93.8 Å². The number of benzene rings is 11. The third kappa shape index (κ3) is 28.7. The number of esters is 3. The molecule has 15 aromatic rings. The summed E-state index contributed by atoms with van der Waals surface area (Å²) in [7, 11) is 6.34. The van der Waals surface area contributed by atoms with E-state index in [1.807, 2.05) is 189 Å². The first-order valence-electron chi connectivity index (χ1n) is 42.0. The predicted molar refractivity (Wildman–Crippen MR) is 531 cm³/mol. The van der Waals surface area contributed by atoms with Crippen molar-refractivity contribution in [3.05, 3.63) is 312 Å². The van der Waals surface area contributed by atoms with Crippen molar-refractivity contribution in [1.82, 2.24) is 38.2 Å². The van der Waals surface area contributed by atoms with Crippen molar-refractivity contribution < 1.29 is 108 Å². The molecule has 0 bridgehead atoms. The average molecular weight is 1990 g/mol. The van der Waals surface area contributed by atoms with Crippen LogP contribution in [0, 0.1) is 27.7 Å². The van der Waals surface area contributed by atoms with Gasteiger partial charge in [0.1, 0.15) is 23.3 Å². The van der Waals surface area contributed by atoms with E-state index in [-0.39, 0.29) is 114 Å². The molecule has 4 heterocycles.